The van der Waals surface area contributed by atoms with Crippen LogP contribution >= 0.6 is 11.8 Å². The van der Waals surface area contributed by atoms with Crippen LogP contribution in [0.15, 0.2) is 116 Å². The number of rotatable bonds is 11. The highest BCUT2D eigenvalue weighted by atomic mass is 32.2. The molecule has 59 heavy (non-hydrogen) atoms. The van der Waals surface area contributed by atoms with Crippen molar-refractivity contribution in [3.05, 3.63) is 139 Å². The number of benzene rings is 3. The molecule has 3 aromatic carbocycles. The number of likely N-dealkylation sites (tertiary alicyclic amines) is 1. The minimum absolute atomic E-state index is 0.0814. The first-order chi connectivity index (χ1) is 28.7. The molecular weight excluding hydrogens is 765 g/mol. The van der Waals surface area contributed by atoms with Gasteiger partial charge in [0.05, 0.1) is 42.2 Å². The summed E-state index contributed by atoms with van der Waals surface area (Å²) in [5.74, 6) is 1.29. The number of nitrogens with zero attached hydrogens (tertiary/aromatic N) is 5. The summed E-state index contributed by atoms with van der Waals surface area (Å²) in [5.41, 5.74) is 7.79. The molecule has 6 aromatic rings. The second-order valence-corrected chi connectivity index (χ2v) is 16.3. The first-order valence-corrected chi connectivity index (χ1v) is 20.7. The number of aromatic nitrogens is 5. The van der Waals surface area contributed by atoms with E-state index in [2.05, 4.69) is 73.8 Å². The maximum absolute atomic E-state index is 13.6. The van der Waals surface area contributed by atoms with Crippen molar-refractivity contribution in [1.29, 1.82) is 0 Å². The summed E-state index contributed by atoms with van der Waals surface area (Å²) in [7, 11) is 1.29. The van der Waals surface area contributed by atoms with Crippen molar-refractivity contribution in [3.8, 4) is 33.6 Å². The maximum Gasteiger partial charge on any atom is 0.411 e. The topological polar surface area (TPSA) is 158 Å². The Morgan fingerprint density at radius 1 is 0.814 bits per heavy atom. The predicted octanol–water partition coefficient (Wildman–Crippen LogP) is 8.70. The lowest BCUT2D eigenvalue weighted by Gasteiger charge is -2.30. The van der Waals surface area contributed by atoms with Gasteiger partial charge in [-0.25, -0.2) is 19.6 Å². The lowest BCUT2D eigenvalue weighted by Crippen LogP contribution is -2.51. The van der Waals surface area contributed by atoms with Crippen LogP contribution in [-0.2, 0) is 20.9 Å². The van der Waals surface area contributed by atoms with Crippen LogP contribution in [0.4, 0.5) is 9.59 Å². The Morgan fingerprint density at radius 2 is 1.42 bits per heavy atom. The van der Waals surface area contributed by atoms with Gasteiger partial charge in [0.15, 0.2) is 0 Å². The van der Waals surface area contributed by atoms with Crippen molar-refractivity contribution in [2.45, 2.75) is 56.0 Å². The molecule has 0 spiro atoms. The van der Waals surface area contributed by atoms with Crippen molar-refractivity contribution in [2.24, 2.45) is 5.92 Å². The molecule has 3 aromatic heterocycles. The number of thioether (sulfide) groups is 1. The average Bonchev–Trinajstić information content (AvgIpc) is 4.12. The summed E-state index contributed by atoms with van der Waals surface area (Å²) in [5, 5.41) is 2.38. The van der Waals surface area contributed by atoms with E-state index in [-0.39, 0.29) is 41.2 Å². The molecule has 4 atom stereocenters. The Bertz CT molecular complexity index is 2370. The quantitative estimate of drug-likeness (QED) is 0.116. The van der Waals surface area contributed by atoms with Gasteiger partial charge in [0.25, 0.3) is 0 Å². The van der Waals surface area contributed by atoms with E-state index in [1.165, 1.54) is 7.11 Å². The molecule has 2 saturated heterocycles. The van der Waals surface area contributed by atoms with Gasteiger partial charge < -0.3 is 29.7 Å². The molecule has 3 amide bonds. The molecule has 14 heteroatoms. The first kappa shape index (κ1) is 39.4. The van der Waals surface area contributed by atoms with Gasteiger partial charge in [-0.3, -0.25) is 14.7 Å². The first-order valence-electron chi connectivity index (χ1n) is 19.7. The molecular formula is C45H46N8O5S. The average molecular weight is 811 g/mol. The molecule has 0 aliphatic carbocycles. The molecule has 2 aliphatic heterocycles. The number of hydrogen-bond acceptors (Lipinski definition) is 9. The number of pyridine rings is 1. The highest BCUT2D eigenvalue weighted by Crippen LogP contribution is 2.49. The van der Waals surface area contributed by atoms with Crippen LogP contribution in [0.5, 0.6) is 0 Å². The van der Waals surface area contributed by atoms with Crippen LogP contribution in [0.2, 0.25) is 0 Å². The Balaban J connectivity index is 0.915. The van der Waals surface area contributed by atoms with Crippen molar-refractivity contribution in [1.82, 2.24) is 40.0 Å². The molecule has 8 rings (SSSR count). The van der Waals surface area contributed by atoms with Gasteiger partial charge in [-0.2, -0.15) is 0 Å². The third-order valence-corrected chi connectivity index (χ3v) is 12.3. The molecule has 0 radical (unpaired) electrons. The predicted molar refractivity (Wildman–Crippen MR) is 226 cm³/mol. The molecule has 13 nitrogen and oxygen atoms in total. The molecule has 5 heterocycles. The number of ether oxygens (including phenoxy) is 2. The number of nitrogens with one attached hydrogen (secondary N) is 3. The summed E-state index contributed by atoms with van der Waals surface area (Å²) in [6.07, 6.45) is 7.78. The van der Waals surface area contributed by atoms with E-state index in [0.29, 0.717) is 13.1 Å². The van der Waals surface area contributed by atoms with E-state index in [0.717, 1.165) is 69.3 Å². The number of amides is 3. The van der Waals surface area contributed by atoms with Gasteiger partial charge >= 0.3 is 12.2 Å². The number of hydrogen-bond donors (Lipinski definition) is 3. The van der Waals surface area contributed by atoms with Gasteiger partial charge in [-0.15, -0.1) is 11.8 Å². The van der Waals surface area contributed by atoms with E-state index in [1.54, 1.807) is 29.1 Å². The molecule has 2 unspecified atom stereocenters. The highest BCUT2D eigenvalue weighted by molar-refractivity contribution is 8.00. The van der Waals surface area contributed by atoms with Gasteiger partial charge in [0.2, 0.25) is 5.91 Å². The molecule has 0 saturated carbocycles. The van der Waals surface area contributed by atoms with E-state index in [4.69, 9.17) is 14.5 Å². The summed E-state index contributed by atoms with van der Waals surface area (Å²) in [4.78, 5) is 63.1. The SMILES string of the molecule is COC(=O)N[C@H](C(=O)N1CCC[C@H]1c1ncc(-c2ccc(-c3ccc(-c4cnc(C5CN(C(=O)OCc6ccccc6)C(c6ccncc6)S5)[nH]4)cc3)cc2)[nH]1)C(C)C. The zero-order valence-corrected chi connectivity index (χ0v) is 33.9. The second kappa shape index (κ2) is 17.6. The molecule has 0 bridgehead atoms. The van der Waals surface area contributed by atoms with Gasteiger partial charge in [-0.05, 0) is 64.3 Å². The third-order valence-electron chi connectivity index (χ3n) is 10.8. The lowest BCUT2D eigenvalue weighted by atomic mass is 10.0. The maximum atomic E-state index is 13.6. The zero-order valence-electron chi connectivity index (χ0n) is 33.1. The standard InChI is InChI=1S/C45H46N8O5S/c1-28(2)39(51-44(55)57-3)42(54)52-23-7-10-37(52)40-47-24-35(49-40)32-15-11-30(12-16-32)31-13-17-33(18-14-31)36-25-48-41(50-36)38-26-53(43(59-38)34-19-21-46-22-20-34)45(56)58-27-29-8-5-4-6-9-29/h4-6,8-9,11-22,24-25,28,37-39,43H,7,10,23,26-27H2,1-3H3,(H,47,49)(H,48,50)(H,51,55)/t37-,38?,39-,43?/m0/s1. The van der Waals surface area contributed by atoms with Crippen LogP contribution in [0, 0.1) is 5.92 Å². The van der Waals surface area contributed by atoms with E-state index in [1.807, 2.05) is 73.6 Å². The summed E-state index contributed by atoms with van der Waals surface area (Å²) in [6, 6.07) is 29.3. The lowest BCUT2D eigenvalue weighted by molar-refractivity contribution is -0.135. The van der Waals surface area contributed by atoms with Crippen molar-refractivity contribution < 1.29 is 23.9 Å². The molecule has 3 N–H and O–H groups in total. The van der Waals surface area contributed by atoms with Crippen LogP contribution in [0.1, 0.15) is 66.1 Å². The van der Waals surface area contributed by atoms with Gasteiger partial charge in [-0.1, -0.05) is 92.7 Å². The molecule has 2 aliphatic rings. The third kappa shape index (κ3) is 8.72. The van der Waals surface area contributed by atoms with Crippen molar-refractivity contribution in [3.63, 3.8) is 0 Å². The largest absolute Gasteiger partial charge is 0.453 e. The van der Waals surface area contributed by atoms with Crippen LogP contribution in [0.25, 0.3) is 33.6 Å². The van der Waals surface area contributed by atoms with E-state index < -0.39 is 12.1 Å². The second-order valence-electron chi connectivity index (χ2n) is 15.0. The molecule has 302 valence electrons. The number of carbonyl (C=O) groups excluding carboxylic acids is 3. The Labute approximate surface area is 347 Å². The summed E-state index contributed by atoms with van der Waals surface area (Å²) >= 11 is 1.66. The summed E-state index contributed by atoms with van der Waals surface area (Å²) < 4.78 is 10.5. The number of alkyl carbamates (subject to hydrolysis) is 1. The highest BCUT2D eigenvalue weighted by Gasteiger charge is 2.40. The number of carbonyl (C=O) groups is 3. The van der Waals surface area contributed by atoms with E-state index in [9.17, 15) is 14.4 Å². The fraction of sp³-hybridized carbons (Fsp3) is 0.289. The number of aromatic amines is 2. The van der Waals surface area contributed by atoms with Crippen molar-refractivity contribution in [2.75, 3.05) is 20.2 Å². The van der Waals surface area contributed by atoms with Crippen LogP contribution in [-0.4, -0.2) is 79.1 Å². The van der Waals surface area contributed by atoms with Gasteiger partial charge in [0, 0.05) is 25.5 Å². The zero-order chi connectivity index (χ0) is 40.9. The van der Waals surface area contributed by atoms with Gasteiger partial charge in [0.1, 0.15) is 29.7 Å². The van der Waals surface area contributed by atoms with Crippen molar-refractivity contribution >= 4 is 29.9 Å². The van der Waals surface area contributed by atoms with Crippen LogP contribution < -0.4 is 5.32 Å². The smallest absolute Gasteiger partial charge is 0.411 e. The Kier molecular flexibility index (Phi) is 11.8. The monoisotopic (exact) mass is 810 g/mol. The minimum Gasteiger partial charge on any atom is -0.453 e. The van der Waals surface area contributed by atoms with Crippen LogP contribution in [0.3, 0.4) is 0 Å². The Morgan fingerprint density at radius 3 is 2.05 bits per heavy atom. The Hall–Kier alpha value is -6.41. The fourth-order valence-corrected chi connectivity index (χ4v) is 9.07. The molecule has 2 fully saturated rings. The minimum atomic E-state index is -0.685. The summed E-state index contributed by atoms with van der Waals surface area (Å²) in [6.45, 7) is 5.05. The normalized spacial score (nSPS) is 18.2. The fourth-order valence-electron chi connectivity index (χ4n) is 7.63. The van der Waals surface area contributed by atoms with E-state index >= 15 is 0 Å². The number of methoxy groups -OCH3 is 1. The number of H-pyrrole nitrogens is 2. The number of imidazole rings is 2.